The molecule has 0 aliphatic heterocycles. The summed E-state index contributed by atoms with van der Waals surface area (Å²) in [6, 6.07) is 7.39. The number of esters is 1. The van der Waals surface area contributed by atoms with E-state index in [1.165, 1.54) is 7.11 Å². The topological polar surface area (TPSA) is 72.8 Å². The Hall–Kier alpha value is -2.30. The first-order valence-electron chi connectivity index (χ1n) is 6.68. The highest BCUT2D eigenvalue weighted by atomic mass is 16.5. The van der Waals surface area contributed by atoms with Crippen LogP contribution in [0, 0.1) is 11.3 Å². The van der Waals surface area contributed by atoms with E-state index in [0.717, 1.165) is 11.3 Å². The monoisotopic (exact) mass is 290 g/mol. The van der Waals surface area contributed by atoms with Gasteiger partial charge in [-0.1, -0.05) is 24.3 Å². The number of allylic oxidation sites excluding steroid dienone is 1. The van der Waals surface area contributed by atoms with Gasteiger partial charge in [-0.25, -0.2) is 0 Å². The molecule has 5 heteroatoms. The fraction of sp³-hybridized carbons (Fsp3) is 0.375. The lowest BCUT2D eigenvalue weighted by molar-refractivity contribution is -0.178. The zero-order chi connectivity index (χ0) is 15.5. The lowest BCUT2D eigenvalue weighted by atomic mass is 9.59. The fourth-order valence-corrected chi connectivity index (χ4v) is 2.59. The van der Waals surface area contributed by atoms with Crippen molar-refractivity contribution in [3.8, 4) is 5.75 Å². The summed E-state index contributed by atoms with van der Waals surface area (Å²) in [4.78, 5) is 23.3. The van der Waals surface area contributed by atoms with Crippen LogP contribution in [0.25, 0.3) is 6.08 Å². The summed E-state index contributed by atoms with van der Waals surface area (Å²) < 4.78 is 9.74. The second kappa shape index (κ2) is 5.99. The van der Waals surface area contributed by atoms with Gasteiger partial charge < -0.3 is 14.6 Å². The van der Waals surface area contributed by atoms with Crippen molar-refractivity contribution in [3.63, 3.8) is 0 Å². The summed E-state index contributed by atoms with van der Waals surface area (Å²) in [7, 11) is 2.81. The zero-order valence-electron chi connectivity index (χ0n) is 12.0. The molecule has 0 radical (unpaired) electrons. The van der Waals surface area contributed by atoms with Crippen LogP contribution in [0.1, 0.15) is 18.4 Å². The Balaban J connectivity index is 2.16. The van der Waals surface area contributed by atoms with Crippen LogP contribution in [0.15, 0.2) is 30.3 Å². The van der Waals surface area contributed by atoms with E-state index in [9.17, 15) is 14.7 Å². The van der Waals surface area contributed by atoms with Crippen molar-refractivity contribution in [2.24, 2.45) is 11.3 Å². The summed E-state index contributed by atoms with van der Waals surface area (Å²) in [5, 5.41) is 9.37. The van der Waals surface area contributed by atoms with E-state index in [2.05, 4.69) is 4.74 Å². The standard InChI is InChI=1S/C16H18O5/c1-20-13-7-4-11(5-8-13)3-6-12-9-10-16(12,14(17)18)15(19)21-2/h3-8,12H,9-10H2,1-2H3,(H,17,18)/b6-3+. The largest absolute Gasteiger partial charge is 0.497 e. The third kappa shape index (κ3) is 2.63. The van der Waals surface area contributed by atoms with Crippen LogP contribution < -0.4 is 4.74 Å². The zero-order valence-corrected chi connectivity index (χ0v) is 12.0. The van der Waals surface area contributed by atoms with Crippen LogP contribution in [-0.4, -0.2) is 31.3 Å². The third-order valence-corrected chi connectivity index (χ3v) is 4.05. The molecule has 0 saturated heterocycles. The van der Waals surface area contributed by atoms with Crippen LogP contribution in [0.2, 0.25) is 0 Å². The van der Waals surface area contributed by atoms with E-state index in [0.29, 0.717) is 12.8 Å². The van der Waals surface area contributed by atoms with Crippen LogP contribution in [-0.2, 0) is 14.3 Å². The van der Waals surface area contributed by atoms with Gasteiger partial charge in [-0.15, -0.1) is 0 Å². The molecule has 0 spiro atoms. The molecule has 0 heterocycles. The van der Waals surface area contributed by atoms with E-state index in [1.54, 1.807) is 13.2 Å². The molecule has 0 bridgehead atoms. The number of hydrogen-bond donors (Lipinski definition) is 1. The molecular formula is C16H18O5. The summed E-state index contributed by atoms with van der Waals surface area (Å²) in [5.74, 6) is -1.38. The van der Waals surface area contributed by atoms with Gasteiger partial charge in [0.15, 0.2) is 5.41 Å². The Kier molecular flexibility index (Phi) is 4.31. The van der Waals surface area contributed by atoms with Crippen molar-refractivity contribution in [1.82, 2.24) is 0 Å². The van der Waals surface area contributed by atoms with Gasteiger partial charge in [0, 0.05) is 5.92 Å². The molecule has 1 aromatic carbocycles. The SMILES string of the molecule is COC(=O)C1(C(=O)O)CCC1/C=C/c1ccc(OC)cc1. The Bertz CT molecular complexity index is 561. The van der Waals surface area contributed by atoms with Gasteiger partial charge in [0.1, 0.15) is 5.75 Å². The Morgan fingerprint density at radius 3 is 2.38 bits per heavy atom. The molecule has 1 aromatic rings. The Morgan fingerprint density at radius 1 is 1.29 bits per heavy atom. The Morgan fingerprint density at radius 2 is 1.95 bits per heavy atom. The average molecular weight is 290 g/mol. The van der Waals surface area contributed by atoms with Gasteiger partial charge in [-0.3, -0.25) is 9.59 Å². The number of ether oxygens (including phenoxy) is 2. The van der Waals surface area contributed by atoms with E-state index in [4.69, 9.17) is 4.74 Å². The van der Waals surface area contributed by atoms with Crippen molar-refractivity contribution in [3.05, 3.63) is 35.9 Å². The quantitative estimate of drug-likeness (QED) is 0.665. The average Bonchev–Trinajstić information content (AvgIpc) is 2.46. The maximum Gasteiger partial charge on any atom is 0.323 e. The molecule has 1 saturated carbocycles. The summed E-state index contributed by atoms with van der Waals surface area (Å²) in [5.41, 5.74) is -0.510. The maximum atomic E-state index is 11.8. The smallest absolute Gasteiger partial charge is 0.323 e. The summed E-state index contributed by atoms with van der Waals surface area (Å²) in [6.45, 7) is 0. The molecular weight excluding hydrogens is 272 g/mol. The molecule has 0 amide bonds. The first-order chi connectivity index (χ1) is 10.0. The normalized spacial score (nSPS) is 24.4. The van der Waals surface area contributed by atoms with Crippen molar-refractivity contribution in [2.75, 3.05) is 14.2 Å². The lowest BCUT2D eigenvalue weighted by Gasteiger charge is -2.41. The minimum absolute atomic E-state index is 0.312. The van der Waals surface area contributed by atoms with Crippen LogP contribution in [0.4, 0.5) is 0 Å². The molecule has 2 unspecified atom stereocenters. The number of carboxylic acid groups (broad SMARTS) is 1. The number of benzene rings is 1. The first kappa shape index (κ1) is 15.1. The number of rotatable bonds is 5. The second-order valence-electron chi connectivity index (χ2n) is 5.05. The molecule has 2 atom stereocenters. The molecule has 1 fully saturated rings. The first-order valence-corrected chi connectivity index (χ1v) is 6.68. The van der Waals surface area contributed by atoms with Crippen molar-refractivity contribution in [1.29, 1.82) is 0 Å². The second-order valence-corrected chi connectivity index (χ2v) is 5.05. The van der Waals surface area contributed by atoms with Crippen molar-refractivity contribution >= 4 is 18.0 Å². The molecule has 0 aromatic heterocycles. The molecule has 1 aliphatic rings. The van der Waals surface area contributed by atoms with Crippen molar-refractivity contribution < 1.29 is 24.2 Å². The predicted octanol–water partition coefficient (Wildman–Crippen LogP) is 2.36. The van der Waals surface area contributed by atoms with Gasteiger partial charge in [0.05, 0.1) is 14.2 Å². The predicted molar refractivity (Wildman–Crippen MR) is 76.8 cm³/mol. The molecule has 1 N–H and O–H groups in total. The molecule has 5 nitrogen and oxygen atoms in total. The van der Waals surface area contributed by atoms with Gasteiger partial charge >= 0.3 is 11.9 Å². The molecule has 21 heavy (non-hydrogen) atoms. The van der Waals surface area contributed by atoms with E-state index in [-0.39, 0.29) is 5.92 Å². The third-order valence-electron chi connectivity index (χ3n) is 4.05. The molecule has 2 rings (SSSR count). The minimum atomic E-state index is -1.43. The van der Waals surface area contributed by atoms with Crippen LogP contribution >= 0.6 is 0 Å². The number of carbonyl (C=O) groups excluding carboxylic acids is 1. The van der Waals surface area contributed by atoms with Crippen LogP contribution in [0.5, 0.6) is 5.75 Å². The van der Waals surface area contributed by atoms with Crippen molar-refractivity contribution in [2.45, 2.75) is 12.8 Å². The maximum absolute atomic E-state index is 11.8. The Labute approximate surface area is 123 Å². The van der Waals surface area contributed by atoms with E-state index >= 15 is 0 Å². The number of hydrogen-bond acceptors (Lipinski definition) is 4. The highest BCUT2D eigenvalue weighted by molar-refractivity contribution is 6.01. The fourth-order valence-electron chi connectivity index (χ4n) is 2.59. The number of aliphatic carboxylic acids is 1. The van der Waals surface area contributed by atoms with E-state index < -0.39 is 17.4 Å². The lowest BCUT2D eigenvalue weighted by Crippen LogP contribution is -2.52. The number of carbonyl (C=O) groups is 2. The van der Waals surface area contributed by atoms with Gasteiger partial charge in [0.25, 0.3) is 0 Å². The van der Waals surface area contributed by atoms with Gasteiger partial charge in [0.2, 0.25) is 0 Å². The summed E-state index contributed by atoms with van der Waals surface area (Å²) >= 11 is 0. The number of carboxylic acids is 1. The number of methoxy groups -OCH3 is 2. The van der Waals surface area contributed by atoms with Gasteiger partial charge in [-0.2, -0.15) is 0 Å². The van der Waals surface area contributed by atoms with Crippen LogP contribution in [0.3, 0.4) is 0 Å². The molecule has 1 aliphatic carbocycles. The van der Waals surface area contributed by atoms with Gasteiger partial charge in [-0.05, 0) is 30.5 Å². The summed E-state index contributed by atoms with van der Waals surface area (Å²) in [6.07, 6.45) is 4.57. The highest BCUT2D eigenvalue weighted by Gasteiger charge is 2.58. The highest BCUT2D eigenvalue weighted by Crippen LogP contribution is 2.49. The van der Waals surface area contributed by atoms with E-state index in [1.807, 2.05) is 30.3 Å². The minimum Gasteiger partial charge on any atom is -0.497 e. The molecule has 112 valence electrons.